The van der Waals surface area contributed by atoms with Crippen LogP contribution in [0.5, 0.6) is 0 Å². The van der Waals surface area contributed by atoms with Gasteiger partial charge in [-0.15, -0.1) is 0 Å². The van der Waals surface area contributed by atoms with Crippen LogP contribution in [0.3, 0.4) is 0 Å². The van der Waals surface area contributed by atoms with Gasteiger partial charge in [-0.05, 0) is 68.1 Å². The van der Waals surface area contributed by atoms with E-state index >= 15 is 0 Å². The lowest BCUT2D eigenvalue weighted by atomic mass is 9.48. The van der Waals surface area contributed by atoms with Crippen LogP contribution in [0.1, 0.15) is 65.7 Å². The van der Waals surface area contributed by atoms with Gasteiger partial charge in [0.15, 0.2) is 12.0 Å². The summed E-state index contributed by atoms with van der Waals surface area (Å²) >= 11 is 0. The van der Waals surface area contributed by atoms with Gasteiger partial charge in [0.2, 0.25) is 0 Å². The zero-order valence-corrected chi connectivity index (χ0v) is 15.5. The van der Waals surface area contributed by atoms with Gasteiger partial charge >= 0.3 is 5.97 Å². The number of carbonyl (C=O) groups excluding carboxylic acids is 2. The number of Topliss-reactive ketones (excluding diaryl/α,β-unsaturated/α-hetero) is 1. The number of hydrogen-bond acceptors (Lipinski definition) is 3. The van der Waals surface area contributed by atoms with Crippen LogP contribution in [0, 0.1) is 28.6 Å². The molecule has 0 aromatic rings. The third-order valence-corrected chi connectivity index (χ3v) is 8.15. The molecule has 25 heavy (non-hydrogen) atoms. The van der Waals surface area contributed by atoms with E-state index in [-0.39, 0.29) is 28.7 Å². The van der Waals surface area contributed by atoms with Crippen LogP contribution in [-0.4, -0.2) is 24.0 Å². The van der Waals surface area contributed by atoms with E-state index in [9.17, 15) is 14.0 Å². The lowest BCUT2D eigenvalue weighted by Crippen LogP contribution is -2.53. The molecule has 0 heterocycles. The number of ketones is 1. The van der Waals surface area contributed by atoms with E-state index < -0.39 is 6.17 Å². The second-order valence-corrected chi connectivity index (χ2v) is 9.24. The fraction of sp³-hybridized carbons (Fsp3) is 0.810. The summed E-state index contributed by atoms with van der Waals surface area (Å²) in [5.74, 6) is 1.07. The molecule has 0 aliphatic heterocycles. The van der Waals surface area contributed by atoms with Crippen LogP contribution >= 0.6 is 0 Å². The maximum atomic E-state index is 14.0. The highest BCUT2D eigenvalue weighted by molar-refractivity contribution is 6.01. The number of ether oxygens (including phenoxy) is 1. The molecule has 3 nitrogen and oxygen atoms in total. The highest BCUT2D eigenvalue weighted by atomic mass is 19.1. The Morgan fingerprint density at radius 1 is 1.16 bits per heavy atom. The van der Waals surface area contributed by atoms with E-state index in [1.807, 2.05) is 0 Å². The minimum Gasteiger partial charge on any atom is -0.462 e. The van der Waals surface area contributed by atoms with Crippen molar-refractivity contribution in [1.82, 2.24) is 0 Å². The van der Waals surface area contributed by atoms with E-state index in [4.69, 9.17) is 4.74 Å². The largest absolute Gasteiger partial charge is 0.462 e. The molecule has 0 aromatic carbocycles. The Labute approximate surface area is 149 Å². The lowest BCUT2D eigenvalue weighted by Gasteiger charge is -2.57. The summed E-state index contributed by atoms with van der Waals surface area (Å²) < 4.78 is 19.6. The van der Waals surface area contributed by atoms with Gasteiger partial charge in [-0.1, -0.05) is 19.9 Å². The average Bonchev–Trinajstić information content (AvgIpc) is 2.88. The number of allylic oxidation sites excluding steroid dienone is 2. The average molecular weight is 348 g/mol. The molecule has 0 saturated heterocycles. The summed E-state index contributed by atoms with van der Waals surface area (Å²) in [5.41, 5.74) is 0.657. The molecule has 4 aliphatic carbocycles. The monoisotopic (exact) mass is 348 g/mol. The Kier molecular flexibility index (Phi) is 3.90. The Bertz CT molecular complexity index is 641. The Balaban J connectivity index is 1.65. The van der Waals surface area contributed by atoms with Gasteiger partial charge in [0.25, 0.3) is 0 Å². The van der Waals surface area contributed by atoms with Gasteiger partial charge in [0.1, 0.15) is 6.10 Å². The van der Waals surface area contributed by atoms with Crippen LogP contribution < -0.4 is 0 Å². The summed E-state index contributed by atoms with van der Waals surface area (Å²) in [4.78, 5) is 23.9. The zero-order valence-electron chi connectivity index (χ0n) is 15.5. The Morgan fingerprint density at radius 3 is 2.64 bits per heavy atom. The van der Waals surface area contributed by atoms with E-state index in [1.165, 1.54) is 6.92 Å². The SMILES string of the molecule is CC(=O)OC1CCC2C3CC=C4C(=O)C(F)CCC4(C)C3CCC12C. The highest BCUT2D eigenvalue weighted by Gasteiger charge is 2.60. The number of halogens is 1. The van der Waals surface area contributed by atoms with Crippen molar-refractivity contribution in [3.63, 3.8) is 0 Å². The Hall–Kier alpha value is -1.19. The van der Waals surface area contributed by atoms with E-state index in [0.29, 0.717) is 24.2 Å². The normalized spacial score (nSPS) is 48.9. The summed E-state index contributed by atoms with van der Waals surface area (Å²) in [5, 5.41) is 0. The van der Waals surface area contributed by atoms with Gasteiger partial charge in [0, 0.05) is 17.9 Å². The van der Waals surface area contributed by atoms with Crippen molar-refractivity contribution in [2.45, 2.75) is 78.0 Å². The molecule has 4 rings (SSSR count). The predicted molar refractivity (Wildman–Crippen MR) is 92.5 cm³/mol. The number of hydrogen-bond donors (Lipinski definition) is 0. The summed E-state index contributed by atoms with van der Waals surface area (Å²) in [7, 11) is 0. The third kappa shape index (κ3) is 2.35. The van der Waals surface area contributed by atoms with Crippen LogP contribution in [0.2, 0.25) is 0 Å². The molecule has 3 saturated carbocycles. The van der Waals surface area contributed by atoms with Crippen molar-refractivity contribution in [2.24, 2.45) is 28.6 Å². The Morgan fingerprint density at radius 2 is 1.92 bits per heavy atom. The molecule has 3 fully saturated rings. The fourth-order valence-corrected chi connectivity index (χ4v) is 6.87. The van der Waals surface area contributed by atoms with Gasteiger partial charge in [-0.25, -0.2) is 4.39 Å². The van der Waals surface area contributed by atoms with Crippen molar-refractivity contribution < 1.29 is 18.7 Å². The second-order valence-electron chi connectivity index (χ2n) is 9.24. The van der Waals surface area contributed by atoms with Gasteiger partial charge in [-0.2, -0.15) is 0 Å². The first-order valence-electron chi connectivity index (χ1n) is 9.83. The minimum absolute atomic E-state index is 0.0253. The predicted octanol–water partition coefficient (Wildman–Crippen LogP) is 4.40. The molecule has 4 heteroatoms. The van der Waals surface area contributed by atoms with Crippen LogP contribution in [-0.2, 0) is 14.3 Å². The third-order valence-electron chi connectivity index (χ3n) is 8.15. The maximum Gasteiger partial charge on any atom is 0.302 e. The first-order valence-corrected chi connectivity index (χ1v) is 9.83. The molecule has 7 atom stereocenters. The lowest BCUT2D eigenvalue weighted by molar-refractivity contribution is -0.157. The summed E-state index contributed by atoms with van der Waals surface area (Å²) in [6.07, 6.45) is 6.93. The zero-order chi connectivity index (χ0) is 18.0. The molecular formula is C21H29FO3. The number of fused-ring (bicyclic) bond motifs is 5. The van der Waals surface area contributed by atoms with Crippen LogP contribution in [0.4, 0.5) is 4.39 Å². The highest BCUT2D eigenvalue weighted by Crippen LogP contribution is 2.64. The molecule has 0 spiro atoms. The molecular weight excluding hydrogens is 319 g/mol. The molecule has 0 aromatic heterocycles. The molecule has 0 bridgehead atoms. The van der Waals surface area contributed by atoms with Gasteiger partial charge in [0.05, 0.1) is 0 Å². The van der Waals surface area contributed by atoms with E-state index in [1.54, 1.807) is 0 Å². The molecule has 4 aliphatic rings. The first kappa shape index (κ1) is 17.2. The smallest absolute Gasteiger partial charge is 0.302 e. The topological polar surface area (TPSA) is 43.4 Å². The van der Waals surface area contributed by atoms with Gasteiger partial charge in [-0.3, -0.25) is 9.59 Å². The molecule has 7 unspecified atom stereocenters. The number of rotatable bonds is 1. The molecule has 0 N–H and O–H groups in total. The van der Waals surface area contributed by atoms with Crippen molar-refractivity contribution in [1.29, 1.82) is 0 Å². The minimum atomic E-state index is -1.30. The molecule has 0 radical (unpaired) electrons. The summed E-state index contributed by atoms with van der Waals surface area (Å²) in [6, 6.07) is 0. The van der Waals surface area contributed by atoms with Crippen molar-refractivity contribution in [3.8, 4) is 0 Å². The second kappa shape index (κ2) is 5.65. The molecule has 138 valence electrons. The first-order chi connectivity index (χ1) is 11.8. The number of alkyl halides is 1. The summed E-state index contributed by atoms with van der Waals surface area (Å²) in [6.45, 7) is 5.99. The van der Waals surface area contributed by atoms with Gasteiger partial charge < -0.3 is 4.74 Å². The van der Waals surface area contributed by atoms with Crippen molar-refractivity contribution >= 4 is 11.8 Å². The standard InChI is InChI=1S/C21H29FO3/c1-12(23)25-18-7-6-14-13-4-5-16-19(24)17(22)9-11-20(16,2)15(13)8-10-21(14,18)3/h5,13-15,17-18H,4,6-11H2,1-3H3. The van der Waals surface area contributed by atoms with Crippen LogP contribution in [0.15, 0.2) is 11.6 Å². The van der Waals surface area contributed by atoms with E-state index in [2.05, 4.69) is 19.9 Å². The number of esters is 1. The maximum absolute atomic E-state index is 14.0. The number of carbonyl (C=O) groups is 2. The fourth-order valence-electron chi connectivity index (χ4n) is 6.87. The quantitative estimate of drug-likeness (QED) is 0.660. The van der Waals surface area contributed by atoms with E-state index in [0.717, 1.165) is 44.1 Å². The van der Waals surface area contributed by atoms with Crippen LogP contribution in [0.25, 0.3) is 0 Å². The van der Waals surface area contributed by atoms with Crippen molar-refractivity contribution in [3.05, 3.63) is 11.6 Å². The molecule has 0 amide bonds. The van der Waals surface area contributed by atoms with Crippen molar-refractivity contribution in [2.75, 3.05) is 0 Å².